The van der Waals surface area contributed by atoms with Crippen molar-refractivity contribution >= 4 is 27.3 Å². The average Bonchev–Trinajstić information content (AvgIpc) is 3.23. The minimum Gasteiger partial charge on any atom is -0.376 e. The summed E-state index contributed by atoms with van der Waals surface area (Å²) in [6, 6.07) is 6.56. The lowest BCUT2D eigenvalue weighted by Gasteiger charge is -2.23. The molecule has 1 N–H and O–H groups in total. The number of rotatable bonds is 5. The van der Waals surface area contributed by atoms with E-state index in [-0.39, 0.29) is 23.5 Å². The van der Waals surface area contributed by atoms with Crippen LogP contribution in [0.3, 0.4) is 0 Å². The van der Waals surface area contributed by atoms with E-state index in [9.17, 15) is 4.79 Å². The smallest absolute Gasteiger partial charge is 0.253 e. The first kappa shape index (κ1) is 17.4. The molecule has 24 heavy (non-hydrogen) atoms. The highest BCUT2D eigenvalue weighted by Crippen LogP contribution is 2.33. The summed E-state index contributed by atoms with van der Waals surface area (Å²) in [6.07, 6.45) is 3.36. The second-order valence-corrected chi connectivity index (χ2v) is 8.32. The third kappa shape index (κ3) is 3.35. The predicted molar refractivity (Wildman–Crippen MR) is 101 cm³/mol. The zero-order valence-corrected chi connectivity index (χ0v) is 15.8. The second-order valence-electron chi connectivity index (χ2n) is 7.41. The molecule has 2 atom stereocenters. The van der Waals surface area contributed by atoms with Gasteiger partial charge in [0, 0.05) is 22.1 Å². The van der Waals surface area contributed by atoms with Crippen LogP contribution in [0.4, 0.5) is 0 Å². The van der Waals surface area contributed by atoms with Gasteiger partial charge in [-0.05, 0) is 43.2 Å². The fourth-order valence-electron chi connectivity index (χ4n) is 3.20. The number of ether oxygens (including phenoxy) is 1. The molecular weight excluding hydrogens is 318 g/mol. The SMILES string of the molecule is CCC(C)(C)c1ccc2c(C(=O)N[C@@H](C)[C@H]3CCCO3)csc2c1. The maximum absolute atomic E-state index is 12.7. The molecule has 1 aromatic carbocycles. The quantitative estimate of drug-likeness (QED) is 0.838. The molecule has 1 amide bonds. The first-order valence-electron chi connectivity index (χ1n) is 8.86. The Morgan fingerprint density at radius 1 is 1.46 bits per heavy atom. The first-order chi connectivity index (χ1) is 11.4. The third-order valence-electron chi connectivity index (χ3n) is 5.37. The molecule has 4 heteroatoms. The molecule has 0 unspecified atom stereocenters. The van der Waals surface area contributed by atoms with Crippen LogP contribution in [0, 0.1) is 0 Å². The van der Waals surface area contributed by atoms with Gasteiger partial charge < -0.3 is 10.1 Å². The Balaban J connectivity index is 1.81. The summed E-state index contributed by atoms with van der Waals surface area (Å²) in [4.78, 5) is 12.7. The lowest BCUT2D eigenvalue weighted by molar-refractivity contribution is 0.0713. The lowest BCUT2D eigenvalue weighted by atomic mass is 9.82. The number of thiophene rings is 1. The molecule has 1 saturated heterocycles. The van der Waals surface area contributed by atoms with Gasteiger partial charge in [0.25, 0.3) is 5.91 Å². The first-order valence-corrected chi connectivity index (χ1v) is 9.74. The summed E-state index contributed by atoms with van der Waals surface area (Å²) in [5.41, 5.74) is 2.27. The topological polar surface area (TPSA) is 38.3 Å². The number of carbonyl (C=O) groups excluding carboxylic acids is 1. The van der Waals surface area contributed by atoms with E-state index >= 15 is 0 Å². The van der Waals surface area contributed by atoms with Gasteiger partial charge in [0.05, 0.1) is 17.7 Å². The normalized spacial score (nSPS) is 19.6. The zero-order valence-electron chi connectivity index (χ0n) is 15.0. The van der Waals surface area contributed by atoms with Crippen LogP contribution >= 0.6 is 11.3 Å². The van der Waals surface area contributed by atoms with Gasteiger partial charge >= 0.3 is 0 Å². The van der Waals surface area contributed by atoms with Crippen molar-refractivity contribution in [2.24, 2.45) is 0 Å². The van der Waals surface area contributed by atoms with Gasteiger partial charge in [-0.3, -0.25) is 4.79 Å². The maximum Gasteiger partial charge on any atom is 0.253 e. The average molecular weight is 346 g/mol. The van der Waals surface area contributed by atoms with Crippen molar-refractivity contribution in [3.05, 3.63) is 34.7 Å². The highest BCUT2D eigenvalue weighted by Gasteiger charge is 2.25. The minimum absolute atomic E-state index is 0.00625. The second kappa shape index (κ2) is 6.85. The number of nitrogens with one attached hydrogen (secondary N) is 1. The third-order valence-corrected chi connectivity index (χ3v) is 6.31. The standard InChI is InChI=1S/C20H27NO2S/c1-5-20(3,4)14-8-9-15-16(12-24-18(15)11-14)19(22)21-13(2)17-7-6-10-23-17/h8-9,11-13,17H,5-7,10H2,1-4H3,(H,21,22)/t13-,17+/m0/s1. The van der Waals surface area contributed by atoms with Gasteiger partial charge in [0.1, 0.15) is 0 Å². The van der Waals surface area contributed by atoms with Crippen molar-refractivity contribution < 1.29 is 9.53 Å². The molecule has 3 nitrogen and oxygen atoms in total. The van der Waals surface area contributed by atoms with Crippen LogP contribution in [-0.4, -0.2) is 24.7 Å². The van der Waals surface area contributed by atoms with E-state index in [4.69, 9.17) is 4.74 Å². The summed E-state index contributed by atoms with van der Waals surface area (Å²) in [5, 5.41) is 6.14. The zero-order chi connectivity index (χ0) is 17.3. The van der Waals surface area contributed by atoms with E-state index < -0.39 is 0 Å². The molecule has 0 spiro atoms. The predicted octanol–water partition coefficient (Wildman–Crippen LogP) is 4.89. The number of hydrogen-bond donors (Lipinski definition) is 1. The number of carbonyl (C=O) groups is 1. The molecule has 0 saturated carbocycles. The summed E-state index contributed by atoms with van der Waals surface area (Å²) in [5.74, 6) is 0.00625. The highest BCUT2D eigenvalue weighted by atomic mass is 32.1. The van der Waals surface area contributed by atoms with Crippen LogP contribution in [-0.2, 0) is 10.2 Å². The van der Waals surface area contributed by atoms with Crippen molar-refractivity contribution in [3.63, 3.8) is 0 Å². The summed E-state index contributed by atoms with van der Waals surface area (Å²) < 4.78 is 6.86. The Kier molecular flexibility index (Phi) is 4.97. The van der Waals surface area contributed by atoms with Crippen molar-refractivity contribution in [3.8, 4) is 0 Å². The minimum atomic E-state index is 0.00625. The molecule has 0 aliphatic carbocycles. The fraction of sp³-hybridized carbons (Fsp3) is 0.550. The van der Waals surface area contributed by atoms with Crippen molar-refractivity contribution in [1.29, 1.82) is 0 Å². The Hall–Kier alpha value is -1.39. The van der Waals surface area contributed by atoms with E-state index in [2.05, 4.69) is 44.3 Å². The molecule has 130 valence electrons. The molecule has 3 rings (SSSR count). The van der Waals surface area contributed by atoms with E-state index in [1.165, 1.54) is 10.3 Å². The highest BCUT2D eigenvalue weighted by molar-refractivity contribution is 7.17. The van der Waals surface area contributed by atoms with E-state index in [1.807, 2.05) is 12.3 Å². The van der Waals surface area contributed by atoms with Gasteiger partial charge in [-0.1, -0.05) is 32.9 Å². The van der Waals surface area contributed by atoms with Gasteiger partial charge in [-0.25, -0.2) is 0 Å². The van der Waals surface area contributed by atoms with E-state index in [1.54, 1.807) is 11.3 Å². The summed E-state index contributed by atoms with van der Waals surface area (Å²) >= 11 is 1.65. The Morgan fingerprint density at radius 2 is 2.25 bits per heavy atom. The van der Waals surface area contributed by atoms with Gasteiger partial charge in [-0.2, -0.15) is 0 Å². The van der Waals surface area contributed by atoms with Crippen LogP contribution in [0.25, 0.3) is 10.1 Å². The van der Waals surface area contributed by atoms with Crippen LogP contribution in [0.1, 0.15) is 62.9 Å². The Labute approximate surface area is 148 Å². The molecule has 1 fully saturated rings. The molecule has 1 aliphatic heterocycles. The fourth-order valence-corrected chi connectivity index (χ4v) is 4.18. The van der Waals surface area contributed by atoms with Crippen LogP contribution in [0.5, 0.6) is 0 Å². The van der Waals surface area contributed by atoms with E-state index in [0.717, 1.165) is 36.8 Å². The van der Waals surface area contributed by atoms with Gasteiger partial charge in [0.2, 0.25) is 0 Å². The van der Waals surface area contributed by atoms with Crippen molar-refractivity contribution in [2.45, 2.75) is 64.5 Å². The molecule has 2 aromatic rings. The van der Waals surface area contributed by atoms with Crippen LogP contribution in [0.15, 0.2) is 23.6 Å². The summed E-state index contributed by atoms with van der Waals surface area (Å²) in [6.45, 7) is 9.58. The largest absolute Gasteiger partial charge is 0.376 e. The monoisotopic (exact) mass is 345 g/mol. The van der Waals surface area contributed by atoms with E-state index in [0.29, 0.717) is 0 Å². The molecule has 0 bridgehead atoms. The lowest BCUT2D eigenvalue weighted by Crippen LogP contribution is -2.40. The molecule has 1 aromatic heterocycles. The van der Waals surface area contributed by atoms with Gasteiger partial charge in [-0.15, -0.1) is 11.3 Å². The number of benzene rings is 1. The summed E-state index contributed by atoms with van der Waals surface area (Å²) in [7, 11) is 0. The maximum atomic E-state index is 12.7. The molecule has 0 radical (unpaired) electrons. The van der Waals surface area contributed by atoms with Crippen LogP contribution < -0.4 is 5.32 Å². The molecule has 2 heterocycles. The number of hydrogen-bond acceptors (Lipinski definition) is 3. The van der Waals surface area contributed by atoms with Gasteiger partial charge in [0.15, 0.2) is 0 Å². The van der Waals surface area contributed by atoms with Crippen LogP contribution in [0.2, 0.25) is 0 Å². The van der Waals surface area contributed by atoms with Crippen molar-refractivity contribution in [1.82, 2.24) is 5.32 Å². The molecular formula is C20H27NO2S. The Bertz CT molecular complexity index is 728. The number of amides is 1. The van der Waals surface area contributed by atoms with Crippen molar-refractivity contribution in [2.75, 3.05) is 6.61 Å². The molecule has 1 aliphatic rings. The Morgan fingerprint density at radius 3 is 2.92 bits per heavy atom. The number of fused-ring (bicyclic) bond motifs is 1.